The molecule has 1 amide bonds. The third kappa shape index (κ3) is 2.83. The van der Waals surface area contributed by atoms with Crippen molar-refractivity contribution in [3.8, 4) is 0 Å². The van der Waals surface area contributed by atoms with Gasteiger partial charge in [-0.1, -0.05) is 46.3 Å². The monoisotopic (exact) mass is 343 g/mol. The number of carbonyl (C=O) groups is 2. The number of anilines is 1. The number of halogens is 1. The molecular weight excluding hydrogens is 334 g/mol. The summed E-state index contributed by atoms with van der Waals surface area (Å²) in [4.78, 5) is 25.5. The first kappa shape index (κ1) is 14.9. The lowest BCUT2D eigenvalue weighted by Crippen LogP contribution is -2.29. The maximum Gasteiger partial charge on any atom is 0.299 e. The van der Waals surface area contributed by atoms with Crippen molar-refractivity contribution in [1.82, 2.24) is 0 Å². The summed E-state index contributed by atoms with van der Waals surface area (Å²) >= 11 is 3.37. The van der Waals surface area contributed by atoms with E-state index in [1.165, 1.54) is 4.90 Å². The fraction of sp³-hybridized carbons (Fsp3) is 0.0667. The van der Waals surface area contributed by atoms with E-state index < -0.39 is 11.7 Å². The van der Waals surface area contributed by atoms with Crippen LogP contribution >= 0.6 is 15.9 Å². The third-order valence-corrected chi connectivity index (χ3v) is 3.61. The molecule has 0 saturated carbocycles. The van der Waals surface area contributed by atoms with Gasteiger partial charge in [0.25, 0.3) is 11.7 Å². The number of hydrogen-bond acceptors (Lipinski definition) is 4. The van der Waals surface area contributed by atoms with Crippen LogP contribution < -0.4 is 4.90 Å². The van der Waals surface area contributed by atoms with Crippen LogP contribution in [0.3, 0.4) is 0 Å². The largest absolute Gasteiger partial charge is 0.300 e. The van der Waals surface area contributed by atoms with Crippen LogP contribution in [0.5, 0.6) is 0 Å². The van der Waals surface area contributed by atoms with Crippen molar-refractivity contribution >= 4 is 33.3 Å². The first-order chi connectivity index (χ1) is 10.2. The zero-order valence-corrected chi connectivity index (χ0v) is 12.4. The number of ketones is 1. The molecule has 0 atom stereocenters. The Labute approximate surface area is 129 Å². The lowest BCUT2D eigenvalue weighted by Gasteiger charge is -2.16. The second kappa shape index (κ2) is 6.29. The standard InChI is InChI=1S/C15H10BrNO2.N2/c16-11-6-7-12-13(8-11)17(15(19)14(12)18)9-10-4-2-1-3-5-10;1-2/h1-8H,9H2;. The highest BCUT2D eigenvalue weighted by molar-refractivity contribution is 9.10. The minimum absolute atomic E-state index is 0.412. The molecule has 0 N–H and O–H groups in total. The maximum absolute atomic E-state index is 12.0. The zero-order chi connectivity index (χ0) is 15.4. The highest BCUT2D eigenvalue weighted by atomic mass is 79.9. The van der Waals surface area contributed by atoms with Crippen LogP contribution in [-0.4, -0.2) is 11.7 Å². The summed E-state index contributed by atoms with van der Waals surface area (Å²) in [5.74, 6) is -0.893. The molecule has 0 saturated heterocycles. The normalized spacial score (nSPS) is 12.6. The van der Waals surface area contributed by atoms with Crippen LogP contribution in [0.1, 0.15) is 15.9 Å². The third-order valence-electron chi connectivity index (χ3n) is 3.12. The fourth-order valence-corrected chi connectivity index (χ4v) is 2.54. The summed E-state index contributed by atoms with van der Waals surface area (Å²) in [5, 5.41) is 12.0. The SMILES string of the molecule is N#N.O=C1C(=O)N(Cc2ccccc2)c2cc(Br)ccc21. The Morgan fingerprint density at radius 3 is 2.33 bits per heavy atom. The molecule has 0 unspecified atom stereocenters. The first-order valence-corrected chi connectivity index (χ1v) is 6.86. The Kier molecular flexibility index (Phi) is 4.45. The molecule has 0 bridgehead atoms. The van der Waals surface area contributed by atoms with E-state index in [0.29, 0.717) is 17.8 Å². The first-order valence-electron chi connectivity index (χ1n) is 6.06. The van der Waals surface area contributed by atoms with Crippen molar-refractivity contribution in [2.75, 3.05) is 4.90 Å². The Balaban J connectivity index is 0.000000774. The molecule has 2 aromatic rings. The summed E-state index contributed by atoms with van der Waals surface area (Å²) in [7, 11) is 0. The Morgan fingerprint density at radius 2 is 1.67 bits per heavy atom. The molecule has 3 rings (SSSR count). The lowest BCUT2D eigenvalue weighted by molar-refractivity contribution is -0.114. The van der Waals surface area contributed by atoms with Gasteiger partial charge in [-0.2, -0.15) is 0 Å². The Hall–Kier alpha value is -2.52. The molecule has 5 nitrogen and oxygen atoms in total. The van der Waals surface area contributed by atoms with Crippen LogP contribution in [0.15, 0.2) is 53.0 Å². The van der Waals surface area contributed by atoms with Crippen LogP contribution in [0, 0.1) is 10.8 Å². The number of benzene rings is 2. The predicted octanol–water partition coefficient (Wildman–Crippen LogP) is 3.21. The van der Waals surface area contributed by atoms with E-state index in [2.05, 4.69) is 15.9 Å². The quantitative estimate of drug-likeness (QED) is 0.618. The van der Waals surface area contributed by atoms with Gasteiger partial charge in [-0.25, -0.2) is 0 Å². The van der Waals surface area contributed by atoms with E-state index in [1.54, 1.807) is 18.2 Å². The van der Waals surface area contributed by atoms with E-state index in [1.807, 2.05) is 30.3 Å². The molecule has 0 aliphatic carbocycles. The summed E-state index contributed by atoms with van der Waals surface area (Å²) in [6.07, 6.45) is 0. The molecule has 1 aliphatic rings. The van der Waals surface area contributed by atoms with Crippen molar-refractivity contribution in [2.45, 2.75) is 6.54 Å². The lowest BCUT2D eigenvalue weighted by atomic mass is 10.1. The maximum atomic E-state index is 12.0. The van der Waals surface area contributed by atoms with Crippen molar-refractivity contribution in [3.05, 3.63) is 64.1 Å². The second-order valence-electron chi connectivity index (χ2n) is 4.37. The molecular formula is C15H10BrN3O2. The van der Waals surface area contributed by atoms with Gasteiger partial charge in [-0.3, -0.25) is 9.59 Å². The zero-order valence-electron chi connectivity index (χ0n) is 10.9. The van der Waals surface area contributed by atoms with Crippen LogP contribution in [0.25, 0.3) is 0 Å². The average molecular weight is 344 g/mol. The van der Waals surface area contributed by atoms with Crippen LogP contribution in [0.4, 0.5) is 5.69 Å². The smallest absolute Gasteiger partial charge is 0.299 e. The molecule has 6 heteroatoms. The Morgan fingerprint density at radius 1 is 1.00 bits per heavy atom. The van der Waals surface area contributed by atoms with Crippen LogP contribution in [-0.2, 0) is 11.3 Å². The summed E-state index contributed by atoms with van der Waals surface area (Å²) < 4.78 is 0.854. The van der Waals surface area contributed by atoms with Gasteiger partial charge in [0.05, 0.1) is 17.8 Å². The van der Waals surface area contributed by atoms with Crippen LogP contribution in [0.2, 0.25) is 0 Å². The highest BCUT2D eigenvalue weighted by Crippen LogP contribution is 2.32. The molecule has 1 aliphatic heterocycles. The van der Waals surface area contributed by atoms with Crippen molar-refractivity contribution in [2.24, 2.45) is 0 Å². The topological polar surface area (TPSA) is 85.0 Å². The van der Waals surface area contributed by atoms with Gasteiger partial charge in [-0.05, 0) is 23.8 Å². The number of amides is 1. The summed E-state index contributed by atoms with van der Waals surface area (Å²) in [6, 6.07) is 14.9. The number of hydrogen-bond donors (Lipinski definition) is 0. The van der Waals surface area contributed by atoms with Crippen molar-refractivity contribution in [3.63, 3.8) is 0 Å². The molecule has 0 aromatic heterocycles. The van der Waals surface area contributed by atoms with E-state index in [-0.39, 0.29) is 0 Å². The predicted molar refractivity (Wildman–Crippen MR) is 79.6 cm³/mol. The van der Waals surface area contributed by atoms with Gasteiger partial charge in [0, 0.05) is 15.3 Å². The van der Waals surface area contributed by atoms with Crippen molar-refractivity contribution in [1.29, 1.82) is 10.8 Å². The van der Waals surface area contributed by atoms with Gasteiger partial charge < -0.3 is 4.90 Å². The van der Waals surface area contributed by atoms with E-state index >= 15 is 0 Å². The van der Waals surface area contributed by atoms with Gasteiger partial charge in [-0.15, -0.1) is 0 Å². The number of carbonyl (C=O) groups excluding carboxylic acids is 2. The van der Waals surface area contributed by atoms with E-state index in [4.69, 9.17) is 10.8 Å². The number of Topliss-reactive ketones (excluding diaryl/α,β-unsaturated/α-hetero) is 1. The van der Waals surface area contributed by atoms with Gasteiger partial charge in [0.1, 0.15) is 0 Å². The highest BCUT2D eigenvalue weighted by Gasteiger charge is 2.35. The van der Waals surface area contributed by atoms with Gasteiger partial charge in [0.2, 0.25) is 0 Å². The van der Waals surface area contributed by atoms with Crippen molar-refractivity contribution < 1.29 is 9.59 Å². The average Bonchev–Trinajstić information content (AvgIpc) is 2.75. The number of nitrogens with zero attached hydrogens (tertiary/aromatic N) is 3. The van der Waals surface area contributed by atoms with Gasteiger partial charge in [0.15, 0.2) is 0 Å². The van der Waals surface area contributed by atoms with Gasteiger partial charge >= 0.3 is 0 Å². The summed E-state index contributed by atoms with van der Waals surface area (Å²) in [6.45, 7) is 0.412. The number of rotatable bonds is 2. The minimum atomic E-state index is -0.461. The molecule has 1 heterocycles. The fourth-order valence-electron chi connectivity index (χ4n) is 2.19. The second-order valence-corrected chi connectivity index (χ2v) is 5.28. The molecule has 104 valence electrons. The minimum Gasteiger partial charge on any atom is -0.300 e. The van der Waals surface area contributed by atoms with E-state index in [9.17, 15) is 9.59 Å². The molecule has 21 heavy (non-hydrogen) atoms. The summed E-state index contributed by atoms with van der Waals surface area (Å²) in [5.41, 5.74) is 2.15. The molecule has 0 fully saturated rings. The Bertz CT molecular complexity index is 713. The number of fused-ring (bicyclic) bond motifs is 1. The molecule has 0 spiro atoms. The molecule has 2 aromatic carbocycles. The van der Waals surface area contributed by atoms with E-state index in [0.717, 1.165) is 10.0 Å². The molecule has 0 radical (unpaired) electrons.